The number of carbonyl (C=O) groups is 2. The Morgan fingerprint density at radius 2 is 1.67 bits per heavy atom. The first kappa shape index (κ1) is 21.8. The van der Waals surface area contributed by atoms with E-state index in [4.69, 9.17) is 4.74 Å². The van der Waals surface area contributed by atoms with E-state index in [1.54, 1.807) is 12.4 Å². The molecule has 1 aromatic carbocycles. The summed E-state index contributed by atoms with van der Waals surface area (Å²) in [5.41, 5.74) is 2.12. The molecule has 7 nitrogen and oxygen atoms in total. The van der Waals surface area contributed by atoms with Gasteiger partial charge in [0, 0.05) is 45.1 Å². The maximum absolute atomic E-state index is 13.0. The minimum absolute atomic E-state index is 0.0309. The average molecular weight is 411 g/mol. The van der Waals surface area contributed by atoms with Gasteiger partial charge in [0.1, 0.15) is 12.6 Å². The lowest BCUT2D eigenvalue weighted by atomic mass is 10.0. The molecule has 1 N–H and O–H groups in total. The van der Waals surface area contributed by atoms with Crippen LogP contribution in [0.4, 0.5) is 4.79 Å². The molecule has 0 bridgehead atoms. The molecular formula is C23H30N4O3. The number of ether oxygens (including phenoxy) is 1. The molecule has 0 saturated carbocycles. The van der Waals surface area contributed by atoms with Crippen molar-refractivity contribution in [2.45, 2.75) is 33.0 Å². The first-order valence-corrected chi connectivity index (χ1v) is 10.4. The number of nitrogens with one attached hydrogen (secondary N) is 1. The summed E-state index contributed by atoms with van der Waals surface area (Å²) in [6.45, 7) is 7.79. The Hall–Kier alpha value is -2.93. The molecule has 0 spiro atoms. The highest BCUT2D eigenvalue weighted by Crippen LogP contribution is 2.12. The smallest absolute Gasteiger partial charge is 0.408 e. The van der Waals surface area contributed by atoms with E-state index in [1.807, 2.05) is 61.2 Å². The fourth-order valence-electron chi connectivity index (χ4n) is 3.47. The van der Waals surface area contributed by atoms with Crippen molar-refractivity contribution in [3.63, 3.8) is 0 Å². The van der Waals surface area contributed by atoms with Crippen LogP contribution in [0.3, 0.4) is 0 Å². The normalized spacial score (nSPS) is 15.6. The zero-order valence-corrected chi connectivity index (χ0v) is 17.7. The van der Waals surface area contributed by atoms with Crippen molar-refractivity contribution >= 4 is 12.0 Å². The first-order chi connectivity index (χ1) is 14.5. The molecule has 0 radical (unpaired) electrons. The summed E-state index contributed by atoms with van der Waals surface area (Å²) in [4.78, 5) is 33.5. The molecule has 2 heterocycles. The van der Waals surface area contributed by atoms with Gasteiger partial charge in [-0.05, 0) is 29.2 Å². The number of pyridine rings is 1. The number of hydrogen-bond acceptors (Lipinski definition) is 5. The predicted octanol–water partition coefficient (Wildman–Crippen LogP) is 2.68. The second-order valence-electron chi connectivity index (χ2n) is 7.88. The molecule has 1 aliphatic rings. The van der Waals surface area contributed by atoms with Crippen LogP contribution in [0.2, 0.25) is 0 Å². The van der Waals surface area contributed by atoms with Crippen LogP contribution in [0.1, 0.15) is 25.0 Å². The quantitative estimate of drug-likeness (QED) is 0.760. The Balaban J connectivity index is 1.48. The van der Waals surface area contributed by atoms with E-state index in [0.29, 0.717) is 13.1 Å². The Labute approximate surface area is 178 Å². The van der Waals surface area contributed by atoms with Crippen molar-refractivity contribution in [1.82, 2.24) is 20.1 Å². The van der Waals surface area contributed by atoms with Gasteiger partial charge in [-0.1, -0.05) is 44.2 Å². The summed E-state index contributed by atoms with van der Waals surface area (Å²) in [7, 11) is 0. The maximum atomic E-state index is 13.0. The molecule has 0 aliphatic carbocycles. The molecule has 160 valence electrons. The highest BCUT2D eigenvalue weighted by Gasteiger charge is 2.31. The summed E-state index contributed by atoms with van der Waals surface area (Å²) < 4.78 is 5.30. The van der Waals surface area contributed by atoms with Crippen molar-refractivity contribution in [3.05, 3.63) is 66.0 Å². The van der Waals surface area contributed by atoms with Crippen molar-refractivity contribution in [3.8, 4) is 0 Å². The van der Waals surface area contributed by atoms with E-state index in [0.717, 1.165) is 25.2 Å². The lowest BCUT2D eigenvalue weighted by molar-refractivity contribution is -0.136. The van der Waals surface area contributed by atoms with Crippen LogP contribution in [0, 0.1) is 5.92 Å². The number of piperazine rings is 1. The summed E-state index contributed by atoms with van der Waals surface area (Å²) in [5.74, 6) is -0.0816. The van der Waals surface area contributed by atoms with E-state index < -0.39 is 12.1 Å². The number of amides is 2. The number of alkyl carbamates (subject to hydrolysis) is 1. The third kappa shape index (κ3) is 6.29. The van der Waals surface area contributed by atoms with Crippen molar-refractivity contribution in [2.24, 2.45) is 5.92 Å². The fourth-order valence-corrected chi connectivity index (χ4v) is 3.47. The zero-order chi connectivity index (χ0) is 21.3. The van der Waals surface area contributed by atoms with Crippen molar-refractivity contribution in [1.29, 1.82) is 0 Å². The number of aromatic nitrogens is 1. The highest BCUT2D eigenvalue weighted by atomic mass is 16.5. The standard InChI is InChI=1S/C23H30N4O3/c1-18(2)21(25-23(29)30-17-20-6-4-3-5-7-20)22(28)27-14-12-26(13-15-27)16-19-8-10-24-11-9-19/h3-11,18,21H,12-17H2,1-2H3,(H,25,29)/t21-/m0/s1. The predicted molar refractivity (Wildman–Crippen MR) is 114 cm³/mol. The van der Waals surface area contributed by atoms with Crippen LogP contribution in [0.15, 0.2) is 54.9 Å². The Morgan fingerprint density at radius 1 is 1.00 bits per heavy atom. The van der Waals surface area contributed by atoms with E-state index in [-0.39, 0.29) is 18.4 Å². The number of benzene rings is 1. The molecular weight excluding hydrogens is 380 g/mol. The molecule has 1 atom stereocenters. The summed E-state index contributed by atoms with van der Waals surface area (Å²) in [6.07, 6.45) is 3.03. The number of carbonyl (C=O) groups excluding carboxylic acids is 2. The largest absolute Gasteiger partial charge is 0.445 e. The van der Waals surface area contributed by atoms with Gasteiger partial charge >= 0.3 is 6.09 Å². The average Bonchev–Trinajstić information content (AvgIpc) is 2.77. The van der Waals surface area contributed by atoms with Crippen LogP contribution in [-0.4, -0.2) is 59.0 Å². The molecule has 1 saturated heterocycles. The SMILES string of the molecule is CC(C)[C@H](NC(=O)OCc1ccccc1)C(=O)N1CCN(Cc2ccncc2)CC1. The lowest BCUT2D eigenvalue weighted by Crippen LogP contribution is -2.56. The van der Waals surface area contributed by atoms with Crippen LogP contribution in [0.5, 0.6) is 0 Å². The fraction of sp³-hybridized carbons (Fsp3) is 0.435. The monoisotopic (exact) mass is 410 g/mol. The first-order valence-electron chi connectivity index (χ1n) is 10.4. The topological polar surface area (TPSA) is 74.8 Å². The van der Waals surface area contributed by atoms with Gasteiger partial charge in [-0.3, -0.25) is 14.7 Å². The molecule has 30 heavy (non-hydrogen) atoms. The molecule has 2 aromatic rings. The summed E-state index contributed by atoms with van der Waals surface area (Å²) in [5, 5.41) is 2.76. The van der Waals surface area contributed by atoms with Crippen LogP contribution >= 0.6 is 0 Å². The van der Waals surface area contributed by atoms with E-state index in [1.165, 1.54) is 5.56 Å². The molecule has 1 aliphatic heterocycles. The van der Waals surface area contributed by atoms with Crippen LogP contribution < -0.4 is 5.32 Å². The zero-order valence-electron chi connectivity index (χ0n) is 17.7. The van der Waals surface area contributed by atoms with Gasteiger partial charge in [0.15, 0.2) is 0 Å². The third-order valence-electron chi connectivity index (χ3n) is 5.26. The van der Waals surface area contributed by atoms with Crippen molar-refractivity contribution in [2.75, 3.05) is 26.2 Å². The molecule has 3 rings (SSSR count). The minimum Gasteiger partial charge on any atom is -0.445 e. The molecule has 0 unspecified atom stereocenters. The number of hydrogen-bond donors (Lipinski definition) is 1. The molecule has 1 aromatic heterocycles. The summed E-state index contributed by atoms with van der Waals surface area (Å²) >= 11 is 0. The van der Waals surface area contributed by atoms with E-state index in [9.17, 15) is 9.59 Å². The molecule has 1 fully saturated rings. The van der Waals surface area contributed by atoms with Gasteiger partial charge in [0.2, 0.25) is 5.91 Å². The Kier molecular flexibility index (Phi) is 7.79. The Bertz CT molecular complexity index is 806. The van der Waals surface area contributed by atoms with Gasteiger partial charge in [-0.25, -0.2) is 4.79 Å². The van der Waals surface area contributed by atoms with Crippen LogP contribution in [-0.2, 0) is 22.7 Å². The highest BCUT2D eigenvalue weighted by molar-refractivity contribution is 5.86. The lowest BCUT2D eigenvalue weighted by Gasteiger charge is -2.37. The van der Waals surface area contributed by atoms with Gasteiger partial charge in [0.05, 0.1) is 0 Å². The number of rotatable bonds is 7. The van der Waals surface area contributed by atoms with Crippen molar-refractivity contribution < 1.29 is 14.3 Å². The van der Waals surface area contributed by atoms with Crippen LogP contribution in [0.25, 0.3) is 0 Å². The van der Waals surface area contributed by atoms with Gasteiger partial charge in [-0.2, -0.15) is 0 Å². The minimum atomic E-state index is -0.597. The van der Waals surface area contributed by atoms with E-state index >= 15 is 0 Å². The third-order valence-corrected chi connectivity index (χ3v) is 5.26. The van der Waals surface area contributed by atoms with Gasteiger partial charge < -0.3 is 15.0 Å². The second-order valence-corrected chi connectivity index (χ2v) is 7.88. The van der Waals surface area contributed by atoms with E-state index in [2.05, 4.69) is 15.2 Å². The Morgan fingerprint density at radius 3 is 2.30 bits per heavy atom. The maximum Gasteiger partial charge on any atom is 0.408 e. The van der Waals surface area contributed by atoms with Gasteiger partial charge in [-0.15, -0.1) is 0 Å². The summed E-state index contributed by atoms with van der Waals surface area (Å²) in [6, 6.07) is 12.9. The van der Waals surface area contributed by atoms with Gasteiger partial charge in [0.25, 0.3) is 0 Å². The molecule has 2 amide bonds. The second kappa shape index (κ2) is 10.7. The number of nitrogens with zero attached hydrogens (tertiary/aromatic N) is 3. The molecule has 7 heteroatoms.